The van der Waals surface area contributed by atoms with E-state index in [1.54, 1.807) is 0 Å². The molecule has 0 aliphatic heterocycles. The fourth-order valence-corrected chi connectivity index (χ4v) is 1.14. The van der Waals surface area contributed by atoms with Crippen LogP contribution in [-0.2, 0) is 0 Å². The van der Waals surface area contributed by atoms with Gasteiger partial charge in [0.05, 0.1) is 0 Å². The van der Waals surface area contributed by atoms with E-state index < -0.39 is 0 Å². The quantitative estimate of drug-likeness (QED) is 0.509. The van der Waals surface area contributed by atoms with Crippen LogP contribution in [0.5, 0.6) is 0 Å². The third kappa shape index (κ3) is 1.60. The van der Waals surface area contributed by atoms with Gasteiger partial charge >= 0.3 is 0 Å². The van der Waals surface area contributed by atoms with Gasteiger partial charge in [0.1, 0.15) is 0 Å². The topological polar surface area (TPSA) is 0 Å². The van der Waals surface area contributed by atoms with Crippen LogP contribution >= 0.6 is 0 Å². The summed E-state index contributed by atoms with van der Waals surface area (Å²) in [6.07, 6.45) is 11.0. The molecule has 0 saturated heterocycles. The zero-order valence-corrected chi connectivity index (χ0v) is 6.51. The SMILES string of the molecule is C=C1C=CCC1C=CCC. The van der Waals surface area contributed by atoms with E-state index in [9.17, 15) is 0 Å². The molecule has 0 saturated carbocycles. The number of hydrogen-bond acceptors (Lipinski definition) is 0. The van der Waals surface area contributed by atoms with Crippen molar-refractivity contribution in [2.45, 2.75) is 19.8 Å². The smallest absolute Gasteiger partial charge is 0.00466 e. The van der Waals surface area contributed by atoms with Crippen molar-refractivity contribution in [2.75, 3.05) is 0 Å². The first-order chi connectivity index (χ1) is 4.84. The Morgan fingerprint density at radius 2 is 2.60 bits per heavy atom. The van der Waals surface area contributed by atoms with E-state index in [1.165, 1.54) is 5.57 Å². The molecule has 1 atom stereocenters. The zero-order valence-electron chi connectivity index (χ0n) is 6.51. The highest BCUT2D eigenvalue weighted by Gasteiger charge is 2.09. The second kappa shape index (κ2) is 3.40. The first kappa shape index (κ1) is 7.33. The molecule has 10 heavy (non-hydrogen) atoms. The average molecular weight is 134 g/mol. The molecule has 1 aliphatic carbocycles. The van der Waals surface area contributed by atoms with Gasteiger partial charge in [-0.25, -0.2) is 0 Å². The fraction of sp³-hybridized carbons (Fsp3) is 0.400. The Morgan fingerprint density at radius 3 is 3.10 bits per heavy atom. The van der Waals surface area contributed by atoms with Gasteiger partial charge in [0, 0.05) is 5.92 Å². The summed E-state index contributed by atoms with van der Waals surface area (Å²) in [5.41, 5.74) is 1.25. The number of rotatable bonds is 2. The Balaban J connectivity index is 2.44. The molecule has 0 aromatic rings. The minimum Gasteiger partial charge on any atom is -0.0952 e. The summed E-state index contributed by atoms with van der Waals surface area (Å²) in [4.78, 5) is 0. The molecule has 0 heteroatoms. The Bertz CT molecular complexity index is 172. The van der Waals surface area contributed by atoms with E-state index in [0.717, 1.165) is 12.8 Å². The van der Waals surface area contributed by atoms with E-state index in [2.05, 4.69) is 37.8 Å². The van der Waals surface area contributed by atoms with Crippen molar-refractivity contribution >= 4 is 0 Å². The van der Waals surface area contributed by atoms with Gasteiger partial charge in [0.25, 0.3) is 0 Å². The Morgan fingerprint density at radius 1 is 1.80 bits per heavy atom. The van der Waals surface area contributed by atoms with Gasteiger partial charge in [-0.1, -0.05) is 37.8 Å². The molecule has 0 aromatic carbocycles. The van der Waals surface area contributed by atoms with Gasteiger partial charge in [-0.15, -0.1) is 0 Å². The zero-order chi connectivity index (χ0) is 7.40. The molecule has 0 spiro atoms. The second-order valence-electron chi connectivity index (χ2n) is 2.66. The summed E-state index contributed by atoms with van der Waals surface area (Å²) in [7, 11) is 0. The Kier molecular flexibility index (Phi) is 2.49. The van der Waals surface area contributed by atoms with Crippen molar-refractivity contribution < 1.29 is 0 Å². The van der Waals surface area contributed by atoms with Crippen molar-refractivity contribution in [1.82, 2.24) is 0 Å². The fourth-order valence-electron chi connectivity index (χ4n) is 1.14. The summed E-state index contributed by atoms with van der Waals surface area (Å²) < 4.78 is 0. The van der Waals surface area contributed by atoms with Crippen LogP contribution < -0.4 is 0 Å². The van der Waals surface area contributed by atoms with Crippen LogP contribution in [0.4, 0.5) is 0 Å². The largest absolute Gasteiger partial charge is 0.0952 e. The first-order valence-corrected chi connectivity index (χ1v) is 3.86. The van der Waals surface area contributed by atoms with Crippen molar-refractivity contribution in [3.63, 3.8) is 0 Å². The van der Waals surface area contributed by atoms with Crippen molar-refractivity contribution in [3.8, 4) is 0 Å². The molecule has 1 aliphatic rings. The Labute approximate surface area is 62.9 Å². The molecule has 0 fully saturated rings. The van der Waals surface area contributed by atoms with Crippen molar-refractivity contribution in [1.29, 1.82) is 0 Å². The molecule has 0 amide bonds. The van der Waals surface area contributed by atoms with E-state index in [-0.39, 0.29) is 0 Å². The number of hydrogen-bond donors (Lipinski definition) is 0. The highest BCUT2D eigenvalue weighted by molar-refractivity contribution is 5.28. The van der Waals surface area contributed by atoms with Crippen LogP contribution in [-0.4, -0.2) is 0 Å². The predicted molar refractivity (Wildman–Crippen MR) is 45.8 cm³/mol. The molecule has 0 N–H and O–H groups in total. The van der Waals surface area contributed by atoms with Crippen LogP contribution in [0.1, 0.15) is 19.8 Å². The summed E-state index contributed by atoms with van der Waals surface area (Å²) in [6.45, 7) is 6.10. The molecular formula is C10H14. The lowest BCUT2D eigenvalue weighted by Gasteiger charge is -2.02. The average Bonchev–Trinajstić information content (AvgIpc) is 2.31. The maximum absolute atomic E-state index is 3.95. The maximum Gasteiger partial charge on any atom is 0.00466 e. The van der Waals surface area contributed by atoms with Crippen LogP contribution in [0.15, 0.2) is 36.5 Å². The predicted octanol–water partition coefficient (Wildman–Crippen LogP) is 3.08. The molecule has 54 valence electrons. The van der Waals surface area contributed by atoms with Gasteiger partial charge in [-0.2, -0.15) is 0 Å². The maximum atomic E-state index is 3.95. The molecule has 0 radical (unpaired) electrons. The van der Waals surface area contributed by atoms with Gasteiger partial charge in [0.2, 0.25) is 0 Å². The van der Waals surface area contributed by atoms with Crippen molar-refractivity contribution in [2.24, 2.45) is 5.92 Å². The molecule has 0 aromatic heterocycles. The van der Waals surface area contributed by atoms with Crippen LogP contribution in [0, 0.1) is 5.92 Å². The summed E-state index contributed by atoms with van der Waals surface area (Å²) in [5.74, 6) is 0.597. The molecule has 0 nitrogen and oxygen atoms in total. The summed E-state index contributed by atoms with van der Waals surface area (Å²) >= 11 is 0. The van der Waals surface area contributed by atoms with E-state index >= 15 is 0 Å². The first-order valence-electron chi connectivity index (χ1n) is 3.86. The summed E-state index contributed by atoms with van der Waals surface area (Å²) in [6, 6.07) is 0. The lowest BCUT2D eigenvalue weighted by molar-refractivity contribution is 0.830. The second-order valence-corrected chi connectivity index (χ2v) is 2.66. The lowest BCUT2D eigenvalue weighted by atomic mass is 10.0. The minimum absolute atomic E-state index is 0.597. The Hall–Kier alpha value is -0.780. The summed E-state index contributed by atoms with van der Waals surface area (Å²) in [5, 5.41) is 0. The third-order valence-corrected chi connectivity index (χ3v) is 1.80. The van der Waals surface area contributed by atoms with Crippen LogP contribution in [0.2, 0.25) is 0 Å². The highest BCUT2D eigenvalue weighted by Crippen LogP contribution is 2.23. The van der Waals surface area contributed by atoms with E-state index in [4.69, 9.17) is 0 Å². The molecule has 1 unspecified atom stereocenters. The standard InChI is InChI=1S/C10H14/c1-3-4-7-10-8-5-6-9(10)2/h4-7,10H,2-3,8H2,1H3. The van der Waals surface area contributed by atoms with Crippen LogP contribution in [0.25, 0.3) is 0 Å². The highest BCUT2D eigenvalue weighted by atomic mass is 14.1. The van der Waals surface area contributed by atoms with Gasteiger partial charge in [0.15, 0.2) is 0 Å². The molecule has 0 heterocycles. The lowest BCUT2D eigenvalue weighted by Crippen LogP contribution is -1.89. The van der Waals surface area contributed by atoms with Gasteiger partial charge in [-0.3, -0.25) is 0 Å². The van der Waals surface area contributed by atoms with Crippen LogP contribution in [0.3, 0.4) is 0 Å². The third-order valence-electron chi connectivity index (χ3n) is 1.80. The van der Waals surface area contributed by atoms with E-state index in [1.807, 2.05) is 0 Å². The van der Waals surface area contributed by atoms with Crippen molar-refractivity contribution in [3.05, 3.63) is 36.5 Å². The molecule has 0 bridgehead atoms. The van der Waals surface area contributed by atoms with Gasteiger partial charge < -0.3 is 0 Å². The van der Waals surface area contributed by atoms with Gasteiger partial charge in [-0.05, 0) is 18.4 Å². The normalized spacial score (nSPS) is 24.9. The monoisotopic (exact) mass is 134 g/mol. The molecular weight excluding hydrogens is 120 g/mol. The van der Waals surface area contributed by atoms with E-state index in [0.29, 0.717) is 5.92 Å². The molecule has 1 rings (SSSR count). The number of allylic oxidation sites excluding steroid dienone is 5. The minimum atomic E-state index is 0.597.